The van der Waals surface area contributed by atoms with Gasteiger partial charge >= 0.3 is 0 Å². The third-order valence-corrected chi connectivity index (χ3v) is 4.56. The van der Waals surface area contributed by atoms with Crippen LogP contribution < -0.4 is 5.32 Å². The molecule has 0 radical (unpaired) electrons. The number of aromatic hydroxyl groups is 1. The summed E-state index contributed by atoms with van der Waals surface area (Å²) in [5.41, 5.74) is 2.13. The number of benzene rings is 2. The zero-order valence-electron chi connectivity index (χ0n) is 17.8. The predicted molar refractivity (Wildman–Crippen MR) is 116 cm³/mol. The number of carbonyl (C=O) groups is 1. The Hall–Kier alpha value is -2.41. The summed E-state index contributed by atoms with van der Waals surface area (Å²) in [5, 5.41) is 21.8. The van der Waals surface area contributed by atoms with E-state index in [1.54, 1.807) is 19.1 Å². The van der Waals surface area contributed by atoms with E-state index in [0.717, 1.165) is 11.1 Å². The van der Waals surface area contributed by atoms with E-state index in [0.29, 0.717) is 32.5 Å². The number of aliphatic hydroxyl groups excluding tert-OH is 1. The first kappa shape index (κ1) is 23.9. The molecule has 0 saturated carbocycles. The van der Waals surface area contributed by atoms with Crippen LogP contribution in [-0.4, -0.2) is 54.2 Å². The van der Waals surface area contributed by atoms with E-state index >= 15 is 0 Å². The quantitative estimate of drug-likeness (QED) is 0.468. The maximum atomic E-state index is 12.5. The van der Waals surface area contributed by atoms with Crippen molar-refractivity contribution in [3.63, 3.8) is 0 Å². The molecule has 3 N–H and O–H groups in total. The molecule has 0 bridgehead atoms. The highest BCUT2D eigenvalue weighted by Crippen LogP contribution is 2.12. The van der Waals surface area contributed by atoms with Crippen LogP contribution in [0.2, 0.25) is 0 Å². The van der Waals surface area contributed by atoms with E-state index in [1.807, 2.05) is 49.4 Å². The number of hydrogen-bond donors (Lipinski definition) is 3. The van der Waals surface area contributed by atoms with Crippen molar-refractivity contribution >= 4 is 5.91 Å². The molecule has 0 fully saturated rings. The van der Waals surface area contributed by atoms with Gasteiger partial charge in [-0.2, -0.15) is 0 Å². The lowest BCUT2D eigenvalue weighted by atomic mass is 10.1. The number of aliphatic hydroxyl groups is 1. The SMILES string of the molecule is C[C@H](O)CO[C@@H](C)COC[C@H](Cc1ccc(O)cc1)NC(=O)CCc1ccccc1. The molecule has 1 amide bonds. The van der Waals surface area contributed by atoms with E-state index in [4.69, 9.17) is 9.47 Å². The van der Waals surface area contributed by atoms with Crippen LogP contribution in [0.3, 0.4) is 0 Å². The van der Waals surface area contributed by atoms with Crippen LogP contribution in [0, 0.1) is 0 Å². The number of rotatable bonds is 13. The minimum Gasteiger partial charge on any atom is -0.508 e. The van der Waals surface area contributed by atoms with Gasteiger partial charge in [0, 0.05) is 6.42 Å². The molecule has 6 heteroatoms. The molecule has 0 unspecified atom stereocenters. The molecule has 2 aromatic rings. The summed E-state index contributed by atoms with van der Waals surface area (Å²) in [4.78, 5) is 12.5. The second-order valence-electron chi connectivity index (χ2n) is 7.65. The van der Waals surface area contributed by atoms with Gasteiger partial charge in [0.1, 0.15) is 5.75 Å². The lowest BCUT2D eigenvalue weighted by Gasteiger charge is -2.21. The zero-order chi connectivity index (χ0) is 21.8. The fourth-order valence-corrected chi connectivity index (χ4v) is 3.00. The van der Waals surface area contributed by atoms with Gasteiger partial charge in [0.25, 0.3) is 0 Å². The van der Waals surface area contributed by atoms with E-state index in [-0.39, 0.29) is 30.4 Å². The van der Waals surface area contributed by atoms with Crippen LogP contribution in [-0.2, 0) is 27.1 Å². The van der Waals surface area contributed by atoms with Crippen molar-refractivity contribution in [3.8, 4) is 5.75 Å². The van der Waals surface area contributed by atoms with Crippen molar-refractivity contribution < 1.29 is 24.5 Å². The lowest BCUT2D eigenvalue weighted by Crippen LogP contribution is -2.40. The zero-order valence-corrected chi connectivity index (χ0v) is 17.8. The summed E-state index contributed by atoms with van der Waals surface area (Å²) in [7, 11) is 0. The van der Waals surface area contributed by atoms with Crippen molar-refractivity contribution in [2.75, 3.05) is 19.8 Å². The van der Waals surface area contributed by atoms with E-state index in [1.165, 1.54) is 0 Å². The number of nitrogens with one attached hydrogen (secondary N) is 1. The smallest absolute Gasteiger partial charge is 0.220 e. The second-order valence-corrected chi connectivity index (χ2v) is 7.65. The average Bonchev–Trinajstić information content (AvgIpc) is 2.73. The Balaban J connectivity index is 1.86. The van der Waals surface area contributed by atoms with E-state index in [9.17, 15) is 15.0 Å². The van der Waals surface area contributed by atoms with Gasteiger partial charge in [-0.05, 0) is 49.9 Å². The van der Waals surface area contributed by atoms with Gasteiger partial charge in [-0.25, -0.2) is 0 Å². The summed E-state index contributed by atoms with van der Waals surface area (Å²) in [6, 6.07) is 16.7. The van der Waals surface area contributed by atoms with E-state index in [2.05, 4.69) is 5.32 Å². The number of aryl methyl sites for hydroxylation is 1. The molecule has 2 aromatic carbocycles. The fourth-order valence-electron chi connectivity index (χ4n) is 3.00. The molecule has 30 heavy (non-hydrogen) atoms. The van der Waals surface area contributed by atoms with Crippen LogP contribution in [0.15, 0.2) is 54.6 Å². The highest BCUT2D eigenvalue weighted by atomic mass is 16.5. The summed E-state index contributed by atoms with van der Waals surface area (Å²) in [6.45, 7) is 4.54. The largest absolute Gasteiger partial charge is 0.508 e. The van der Waals surface area contributed by atoms with Gasteiger partial charge in [0.15, 0.2) is 0 Å². The first-order chi connectivity index (χ1) is 14.4. The van der Waals surface area contributed by atoms with Gasteiger partial charge in [-0.15, -0.1) is 0 Å². The number of phenols is 1. The van der Waals surface area contributed by atoms with Gasteiger partial charge in [-0.3, -0.25) is 4.79 Å². The number of carbonyl (C=O) groups excluding carboxylic acids is 1. The fraction of sp³-hybridized carbons (Fsp3) is 0.458. The van der Waals surface area contributed by atoms with Crippen molar-refractivity contribution in [1.29, 1.82) is 0 Å². The lowest BCUT2D eigenvalue weighted by molar-refractivity contribution is -0.122. The average molecular weight is 416 g/mol. The van der Waals surface area contributed by atoms with Crippen molar-refractivity contribution in [3.05, 3.63) is 65.7 Å². The third-order valence-electron chi connectivity index (χ3n) is 4.56. The number of amides is 1. The number of ether oxygens (including phenoxy) is 2. The molecule has 164 valence electrons. The standard InChI is InChI=1S/C24H33NO5/c1-18(26)15-30-19(2)16-29-17-22(14-21-8-11-23(27)12-9-21)25-24(28)13-10-20-6-4-3-5-7-20/h3-9,11-12,18-19,22,26-27H,10,13-17H2,1-2H3,(H,25,28)/t18-,19-,22-/m0/s1. The maximum absolute atomic E-state index is 12.5. The third kappa shape index (κ3) is 9.87. The van der Waals surface area contributed by atoms with Gasteiger partial charge < -0.3 is 25.0 Å². The second kappa shape index (κ2) is 13.0. The molecule has 0 heterocycles. The Bertz CT molecular complexity index is 733. The molecule has 0 aromatic heterocycles. The molecule has 6 nitrogen and oxygen atoms in total. The van der Waals surface area contributed by atoms with Gasteiger partial charge in [-0.1, -0.05) is 42.5 Å². The number of phenolic OH excluding ortho intramolecular Hbond substituents is 1. The molecule has 3 atom stereocenters. The van der Waals surface area contributed by atoms with Crippen LogP contribution >= 0.6 is 0 Å². The molecular formula is C24H33NO5. The topological polar surface area (TPSA) is 88.0 Å². The molecule has 0 saturated heterocycles. The molecular weight excluding hydrogens is 382 g/mol. The van der Waals surface area contributed by atoms with Gasteiger partial charge in [0.05, 0.1) is 38.1 Å². The summed E-state index contributed by atoms with van der Waals surface area (Å²) in [6.07, 6.45) is 1.02. The van der Waals surface area contributed by atoms with E-state index < -0.39 is 6.10 Å². The minimum absolute atomic E-state index is 0.0235. The van der Waals surface area contributed by atoms with Crippen molar-refractivity contribution in [1.82, 2.24) is 5.32 Å². The molecule has 0 aliphatic rings. The maximum Gasteiger partial charge on any atom is 0.220 e. The van der Waals surface area contributed by atoms with Crippen LogP contribution in [0.1, 0.15) is 31.4 Å². The normalized spacial score (nSPS) is 14.1. The monoisotopic (exact) mass is 415 g/mol. The van der Waals surface area contributed by atoms with Crippen LogP contribution in [0.5, 0.6) is 5.75 Å². The first-order valence-corrected chi connectivity index (χ1v) is 10.4. The molecule has 0 spiro atoms. The molecule has 2 rings (SSSR count). The Kier molecular flexibility index (Phi) is 10.3. The van der Waals surface area contributed by atoms with Crippen molar-refractivity contribution in [2.45, 2.75) is 51.4 Å². The first-order valence-electron chi connectivity index (χ1n) is 10.4. The van der Waals surface area contributed by atoms with Gasteiger partial charge in [0.2, 0.25) is 5.91 Å². The predicted octanol–water partition coefficient (Wildman–Crippen LogP) is 2.85. The Labute approximate surface area is 178 Å². The van der Waals surface area contributed by atoms with Crippen LogP contribution in [0.4, 0.5) is 0 Å². The Morgan fingerprint density at radius 2 is 1.67 bits per heavy atom. The Morgan fingerprint density at radius 3 is 2.33 bits per heavy atom. The molecule has 0 aliphatic heterocycles. The highest BCUT2D eigenvalue weighted by molar-refractivity contribution is 5.76. The van der Waals surface area contributed by atoms with Crippen LogP contribution in [0.25, 0.3) is 0 Å². The highest BCUT2D eigenvalue weighted by Gasteiger charge is 2.15. The minimum atomic E-state index is -0.515. The number of hydrogen-bond acceptors (Lipinski definition) is 5. The molecule has 0 aliphatic carbocycles. The summed E-state index contributed by atoms with van der Waals surface area (Å²) in [5.74, 6) is 0.187. The summed E-state index contributed by atoms with van der Waals surface area (Å²) >= 11 is 0. The Morgan fingerprint density at radius 1 is 0.967 bits per heavy atom. The summed E-state index contributed by atoms with van der Waals surface area (Å²) < 4.78 is 11.3. The van der Waals surface area contributed by atoms with Crippen molar-refractivity contribution in [2.24, 2.45) is 0 Å².